The Bertz CT molecular complexity index is 478. The fraction of sp³-hybridized carbons (Fsp3) is 0.500. The van der Waals surface area contributed by atoms with Gasteiger partial charge in [-0.3, -0.25) is 4.99 Å². The molecule has 0 saturated heterocycles. The van der Waals surface area contributed by atoms with Gasteiger partial charge in [-0.15, -0.1) is 0 Å². The predicted octanol–water partition coefficient (Wildman–Crippen LogP) is 3.35. The zero-order valence-corrected chi connectivity index (χ0v) is 12.6. The first-order valence-corrected chi connectivity index (χ1v) is 7.14. The Kier molecular flexibility index (Phi) is 3.57. The molecule has 1 aliphatic heterocycles. The first-order chi connectivity index (χ1) is 8.37. The SMILES string of the molecule is Cc1ccc(NC2=NC(C)(C)CS2)cc1N(C)C. The summed E-state index contributed by atoms with van der Waals surface area (Å²) in [6.45, 7) is 6.45. The molecule has 1 aromatic carbocycles. The van der Waals surface area contributed by atoms with Gasteiger partial charge in [-0.05, 0) is 38.5 Å². The van der Waals surface area contributed by atoms with E-state index in [9.17, 15) is 0 Å². The van der Waals surface area contributed by atoms with Gasteiger partial charge in [0.05, 0.1) is 5.54 Å². The summed E-state index contributed by atoms with van der Waals surface area (Å²) in [6, 6.07) is 6.42. The molecule has 0 spiro atoms. The molecule has 1 N–H and O–H groups in total. The summed E-state index contributed by atoms with van der Waals surface area (Å²) in [7, 11) is 4.13. The van der Waals surface area contributed by atoms with Gasteiger partial charge in [0.2, 0.25) is 0 Å². The quantitative estimate of drug-likeness (QED) is 0.886. The molecule has 2 rings (SSSR count). The minimum atomic E-state index is 0.0576. The first kappa shape index (κ1) is 13.3. The van der Waals surface area contributed by atoms with Gasteiger partial charge in [0.15, 0.2) is 5.17 Å². The van der Waals surface area contributed by atoms with Crippen molar-refractivity contribution in [2.75, 3.05) is 30.1 Å². The molecule has 0 aromatic heterocycles. The Morgan fingerprint density at radius 2 is 2.06 bits per heavy atom. The second-order valence-corrected chi connectivity index (χ2v) is 6.50. The highest BCUT2D eigenvalue weighted by atomic mass is 32.2. The van der Waals surface area contributed by atoms with Crippen LogP contribution in [0.15, 0.2) is 23.2 Å². The van der Waals surface area contributed by atoms with Crippen molar-refractivity contribution in [3.63, 3.8) is 0 Å². The van der Waals surface area contributed by atoms with Crippen molar-refractivity contribution < 1.29 is 0 Å². The Morgan fingerprint density at radius 1 is 1.33 bits per heavy atom. The maximum Gasteiger partial charge on any atom is 0.161 e. The Morgan fingerprint density at radius 3 is 2.61 bits per heavy atom. The molecule has 0 atom stereocenters. The standard InChI is InChI=1S/C14H21N3S/c1-10-6-7-11(8-12(10)17(4)5)15-13-16-14(2,3)9-18-13/h6-8H,9H2,1-5H3,(H,15,16). The molecular formula is C14H21N3S. The molecule has 1 aliphatic rings. The van der Waals surface area contributed by atoms with Crippen LogP contribution in [0.3, 0.4) is 0 Å². The molecule has 1 aromatic rings. The number of nitrogens with one attached hydrogen (secondary N) is 1. The van der Waals surface area contributed by atoms with Crippen molar-refractivity contribution in [1.29, 1.82) is 0 Å². The minimum Gasteiger partial charge on any atom is -0.377 e. The van der Waals surface area contributed by atoms with Crippen LogP contribution in [0.25, 0.3) is 0 Å². The predicted molar refractivity (Wildman–Crippen MR) is 83.1 cm³/mol. The van der Waals surface area contributed by atoms with E-state index in [1.165, 1.54) is 11.3 Å². The van der Waals surface area contributed by atoms with Gasteiger partial charge in [-0.25, -0.2) is 0 Å². The van der Waals surface area contributed by atoms with Crippen LogP contribution in [0, 0.1) is 6.92 Å². The third-order valence-electron chi connectivity index (χ3n) is 2.91. The number of amidine groups is 1. The van der Waals surface area contributed by atoms with Gasteiger partial charge in [0.25, 0.3) is 0 Å². The van der Waals surface area contributed by atoms with E-state index in [0.29, 0.717) is 0 Å². The molecular weight excluding hydrogens is 242 g/mol. The van der Waals surface area contributed by atoms with Crippen LogP contribution in [0.4, 0.5) is 11.4 Å². The van der Waals surface area contributed by atoms with Crippen LogP contribution in [0.5, 0.6) is 0 Å². The van der Waals surface area contributed by atoms with Crippen LogP contribution in [-0.2, 0) is 0 Å². The molecule has 18 heavy (non-hydrogen) atoms. The fourth-order valence-corrected chi connectivity index (χ4v) is 3.00. The zero-order valence-electron chi connectivity index (χ0n) is 11.7. The third kappa shape index (κ3) is 2.99. The van der Waals surface area contributed by atoms with Gasteiger partial charge >= 0.3 is 0 Å². The highest BCUT2D eigenvalue weighted by Gasteiger charge is 2.25. The van der Waals surface area contributed by atoms with Crippen molar-refractivity contribution in [2.45, 2.75) is 26.3 Å². The monoisotopic (exact) mass is 263 g/mol. The van der Waals surface area contributed by atoms with E-state index < -0.39 is 0 Å². The summed E-state index contributed by atoms with van der Waals surface area (Å²) in [6.07, 6.45) is 0. The van der Waals surface area contributed by atoms with E-state index in [0.717, 1.165) is 16.6 Å². The maximum atomic E-state index is 4.67. The maximum absolute atomic E-state index is 4.67. The van der Waals surface area contributed by atoms with Gasteiger partial charge < -0.3 is 10.2 Å². The number of rotatable bonds is 2. The Labute approximate surface area is 114 Å². The molecule has 0 fully saturated rings. The average molecular weight is 263 g/mol. The smallest absolute Gasteiger partial charge is 0.161 e. The number of anilines is 2. The van der Waals surface area contributed by atoms with E-state index in [1.807, 2.05) is 0 Å². The van der Waals surface area contributed by atoms with Gasteiger partial charge in [0.1, 0.15) is 0 Å². The molecule has 98 valence electrons. The van der Waals surface area contributed by atoms with Crippen LogP contribution in [0.2, 0.25) is 0 Å². The largest absolute Gasteiger partial charge is 0.377 e. The van der Waals surface area contributed by atoms with Crippen LogP contribution in [0.1, 0.15) is 19.4 Å². The van der Waals surface area contributed by atoms with E-state index in [2.05, 4.69) is 68.3 Å². The lowest BCUT2D eigenvalue weighted by Gasteiger charge is -2.17. The lowest BCUT2D eigenvalue weighted by atomic mass is 10.1. The van der Waals surface area contributed by atoms with Crippen molar-refractivity contribution >= 4 is 28.3 Å². The van der Waals surface area contributed by atoms with Crippen molar-refractivity contribution in [2.24, 2.45) is 4.99 Å². The van der Waals surface area contributed by atoms with Crippen LogP contribution in [-0.4, -0.2) is 30.6 Å². The molecule has 0 amide bonds. The number of nitrogens with zero attached hydrogens (tertiary/aromatic N) is 2. The summed E-state index contributed by atoms with van der Waals surface area (Å²) < 4.78 is 0. The number of aryl methyl sites for hydroxylation is 1. The van der Waals surface area contributed by atoms with E-state index in [1.54, 1.807) is 11.8 Å². The second-order valence-electron chi connectivity index (χ2n) is 5.54. The van der Waals surface area contributed by atoms with Gasteiger partial charge in [0, 0.05) is 31.2 Å². The fourth-order valence-electron chi connectivity index (χ4n) is 1.94. The highest BCUT2D eigenvalue weighted by molar-refractivity contribution is 8.14. The molecule has 3 nitrogen and oxygen atoms in total. The van der Waals surface area contributed by atoms with Gasteiger partial charge in [-0.1, -0.05) is 17.8 Å². The summed E-state index contributed by atoms with van der Waals surface area (Å²) in [5.41, 5.74) is 3.69. The lowest BCUT2D eigenvalue weighted by Crippen LogP contribution is -2.15. The molecule has 4 heteroatoms. The second kappa shape index (κ2) is 4.84. The number of hydrogen-bond acceptors (Lipinski definition) is 4. The molecule has 0 saturated carbocycles. The number of benzene rings is 1. The molecule has 1 heterocycles. The summed E-state index contributed by atoms with van der Waals surface area (Å²) in [5.74, 6) is 1.04. The van der Waals surface area contributed by atoms with Gasteiger partial charge in [-0.2, -0.15) is 0 Å². The topological polar surface area (TPSA) is 27.6 Å². The molecule has 0 bridgehead atoms. The number of hydrogen-bond donors (Lipinski definition) is 1. The Balaban J connectivity index is 2.18. The molecule has 0 unspecified atom stereocenters. The highest BCUT2D eigenvalue weighted by Crippen LogP contribution is 2.29. The van der Waals surface area contributed by atoms with Crippen molar-refractivity contribution in [1.82, 2.24) is 0 Å². The van der Waals surface area contributed by atoms with Crippen LogP contribution >= 0.6 is 11.8 Å². The Hall–Kier alpha value is -1.16. The third-order valence-corrected chi connectivity index (χ3v) is 4.23. The average Bonchev–Trinajstić information content (AvgIpc) is 2.60. The van der Waals surface area contributed by atoms with E-state index >= 15 is 0 Å². The normalized spacial score (nSPS) is 17.5. The minimum absolute atomic E-state index is 0.0576. The van der Waals surface area contributed by atoms with Crippen molar-refractivity contribution in [3.8, 4) is 0 Å². The first-order valence-electron chi connectivity index (χ1n) is 6.15. The number of aliphatic imine (C=N–C) groups is 1. The lowest BCUT2D eigenvalue weighted by molar-refractivity contribution is 0.605. The summed E-state index contributed by atoms with van der Waals surface area (Å²) in [5, 5.41) is 4.43. The number of thioether (sulfide) groups is 1. The molecule has 0 radical (unpaired) electrons. The summed E-state index contributed by atoms with van der Waals surface area (Å²) in [4.78, 5) is 6.80. The van der Waals surface area contributed by atoms with Crippen molar-refractivity contribution in [3.05, 3.63) is 23.8 Å². The summed E-state index contributed by atoms with van der Waals surface area (Å²) >= 11 is 1.79. The van der Waals surface area contributed by atoms with E-state index in [4.69, 9.17) is 0 Å². The zero-order chi connectivity index (χ0) is 13.3. The van der Waals surface area contributed by atoms with Crippen LogP contribution < -0.4 is 10.2 Å². The molecule has 0 aliphatic carbocycles. The van der Waals surface area contributed by atoms with E-state index in [-0.39, 0.29) is 5.54 Å².